The first-order chi connectivity index (χ1) is 18.7. The van der Waals surface area contributed by atoms with E-state index in [-0.39, 0.29) is 25.3 Å². The van der Waals surface area contributed by atoms with Crippen molar-refractivity contribution in [2.45, 2.75) is 68.9 Å². The molecule has 0 spiro atoms. The molecule has 2 aromatic rings. The van der Waals surface area contributed by atoms with Crippen LogP contribution in [0.25, 0.3) is 0 Å². The van der Waals surface area contributed by atoms with E-state index in [1.165, 1.54) is 29.5 Å². The zero-order chi connectivity index (χ0) is 28.3. The molecule has 4 heterocycles. The fourth-order valence-corrected chi connectivity index (χ4v) is 5.55. The molecule has 216 valence electrons. The van der Waals surface area contributed by atoms with Crippen molar-refractivity contribution in [2.75, 3.05) is 32.8 Å². The van der Waals surface area contributed by atoms with Crippen molar-refractivity contribution in [1.29, 1.82) is 0 Å². The minimum absolute atomic E-state index is 0.0373. The smallest absolute Gasteiger partial charge is 0.381 e. The number of carbonyl (C=O) groups excluding carboxylic acids is 1. The van der Waals surface area contributed by atoms with Crippen LogP contribution >= 0.6 is 11.8 Å². The number of nitrogens with one attached hydrogen (secondary N) is 1. The number of fused-ring (bicyclic) bond motifs is 1. The minimum atomic E-state index is -4.55. The normalized spacial score (nSPS) is 18.8. The number of ether oxygens (including phenoxy) is 1. The van der Waals surface area contributed by atoms with E-state index in [9.17, 15) is 22.8 Å². The molecule has 0 saturated carbocycles. The van der Waals surface area contributed by atoms with Crippen LogP contribution in [0.3, 0.4) is 0 Å². The summed E-state index contributed by atoms with van der Waals surface area (Å²) in [5.41, 5.74) is 4.82. The van der Waals surface area contributed by atoms with Crippen LogP contribution in [0.2, 0.25) is 0 Å². The molecule has 2 unspecified atom stereocenters. The summed E-state index contributed by atoms with van der Waals surface area (Å²) in [6.45, 7) is 5.93. The lowest BCUT2D eigenvalue weighted by Gasteiger charge is -2.29. The van der Waals surface area contributed by atoms with Crippen LogP contribution < -0.4 is 16.6 Å². The Bertz CT molecular complexity index is 1090. The monoisotopic (exact) mass is 569 g/mol. The van der Waals surface area contributed by atoms with Gasteiger partial charge in [0.25, 0.3) is 5.56 Å². The third-order valence-corrected chi connectivity index (χ3v) is 8.11. The Morgan fingerprint density at radius 1 is 1.26 bits per heavy atom. The van der Waals surface area contributed by atoms with Crippen molar-refractivity contribution in [3.8, 4) is 0 Å². The number of nitrogens with two attached hydrogens (primary N) is 1. The van der Waals surface area contributed by atoms with E-state index in [1.807, 2.05) is 24.0 Å². The Morgan fingerprint density at radius 2 is 2.08 bits per heavy atom. The van der Waals surface area contributed by atoms with Gasteiger partial charge < -0.3 is 20.4 Å². The van der Waals surface area contributed by atoms with Crippen LogP contribution in [-0.2, 0) is 34.6 Å². The van der Waals surface area contributed by atoms with Gasteiger partial charge in [-0.1, -0.05) is 13.0 Å². The minimum Gasteiger partial charge on any atom is -0.381 e. The highest BCUT2D eigenvalue weighted by Gasteiger charge is 2.33. The van der Waals surface area contributed by atoms with Gasteiger partial charge in [-0.25, -0.2) is 0 Å². The SMILES string of the molecule is CCC(CNC1CCCOCC1)SCc1ccccn1.NC(=O)CN1CCn2c(cc(C(F)(F)F)cc2=O)C1. The molecule has 1 fully saturated rings. The molecule has 0 radical (unpaired) electrons. The van der Waals surface area contributed by atoms with Crippen LogP contribution in [0, 0.1) is 0 Å². The number of pyridine rings is 2. The summed E-state index contributed by atoms with van der Waals surface area (Å²) in [4.78, 5) is 28.4. The number of alkyl halides is 3. The van der Waals surface area contributed by atoms with Crippen molar-refractivity contribution in [1.82, 2.24) is 19.8 Å². The van der Waals surface area contributed by atoms with E-state index < -0.39 is 23.2 Å². The first kappa shape index (κ1) is 31.1. The number of amides is 1. The molecule has 2 aliphatic rings. The van der Waals surface area contributed by atoms with Gasteiger partial charge >= 0.3 is 6.18 Å². The fourth-order valence-electron chi connectivity index (χ4n) is 4.52. The second-order valence-corrected chi connectivity index (χ2v) is 11.0. The Hall–Kier alpha value is -2.41. The quantitative estimate of drug-likeness (QED) is 0.477. The molecule has 3 N–H and O–H groups in total. The molecular formula is C27H38F3N5O3S. The topological polar surface area (TPSA) is 102 Å². The number of rotatable bonds is 9. The highest BCUT2D eigenvalue weighted by atomic mass is 32.2. The van der Waals surface area contributed by atoms with Crippen LogP contribution in [-0.4, -0.2) is 64.5 Å². The van der Waals surface area contributed by atoms with E-state index >= 15 is 0 Å². The molecule has 0 aliphatic carbocycles. The molecule has 0 bridgehead atoms. The molecule has 2 aliphatic heterocycles. The molecule has 4 rings (SSSR count). The van der Waals surface area contributed by atoms with Crippen molar-refractivity contribution in [3.63, 3.8) is 0 Å². The molecule has 2 aromatic heterocycles. The van der Waals surface area contributed by atoms with E-state index in [2.05, 4.69) is 29.4 Å². The zero-order valence-corrected chi connectivity index (χ0v) is 23.1. The maximum atomic E-state index is 12.6. The van der Waals surface area contributed by atoms with Crippen LogP contribution in [0.4, 0.5) is 13.2 Å². The molecule has 1 saturated heterocycles. The Balaban J connectivity index is 0.000000216. The molecule has 2 atom stereocenters. The highest BCUT2D eigenvalue weighted by Crippen LogP contribution is 2.29. The average Bonchev–Trinajstić information content (AvgIpc) is 3.18. The molecule has 8 nitrogen and oxygen atoms in total. The first-order valence-electron chi connectivity index (χ1n) is 13.3. The number of carbonyl (C=O) groups is 1. The predicted octanol–water partition coefficient (Wildman–Crippen LogP) is 3.42. The van der Waals surface area contributed by atoms with Crippen molar-refractivity contribution in [2.24, 2.45) is 5.73 Å². The van der Waals surface area contributed by atoms with Gasteiger partial charge in [0, 0.05) is 74.4 Å². The van der Waals surface area contributed by atoms with E-state index in [4.69, 9.17) is 10.5 Å². The van der Waals surface area contributed by atoms with Crippen LogP contribution in [0.1, 0.15) is 49.6 Å². The second-order valence-electron chi connectivity index (χ2n) is 9.71. The van der Waals surface area contributed by atoms with Gasteiger partial charge in [0.1, 0.15) is 0 Å². The van der Waals surface area contributed by atoms with E-state index in [1.54, 1.807) is 4.90 Å². The average molecular weight is 570 g/mol. The number of hydrogen-bond acceptors (Lipinski definition) is 7. The summed E-state index contributed by atoms with van der Waals surface area (Å²) in [7, 11) is 0. The van der Waals surface area contributed by atoms with Crippen molar-refractivity contribution in [3.05, 3.63) is 63.8 Å². The molecule has 39 heavy (non-hydrogen) atoms. The third-order valence-electron chi connectivity index (χ3n) is 6.68. The summed E-state index contributed by atoms with van der Waals surface area (Å²) in [6.07, 6.45) is 2.12. The lowest BCUT2D eigenvalue weighted by Crippen LogP contribution is -2.42. The first-order valence-corrected chi connectivity index (χ1v) is 14.3. The van der Waals surface area contributed by atoms with Gasteiger partial charge in [-0.3, -0.25) is 19.5 Å². The van der Waals surface area contributed by atoms with Crippen LogP contribution in [0.15, 0.2) is 41.3 Å². The van der Waals surface area contributed by atoms with Gasteiger partial charge in [0.15, 0.2) is 0 Å². The fraction of sp³-hybridized carbons (Fsp3) is 0.593. The Morgan fingerprint density at radius 3 is 2.77 bits per heavy atom. The van der Waals surface area contributed by atoms with E-state index in [0.717, 1.165) is 38.0 Å². The number of primary amides is 1. The van der Waals surface area contributed by atoms with Gasteiger partial charge in [-0.15, -0.1) is 0 Å². The number of hydrogen-bond donors (Lipinski definition) is 2. The lowest BCUT2D eigenvalue weighted by molar-refractivity contribution is -0.138. The lowest BCUT2D eigenvalue weighted by atomic mass is 10.1. The van der Waals surface area contributed by atoms with Gasteiger partial charge in [0.05, 0.1) is 17.8 Å². The molecule has 1 amide bonds. The largest absolute Gasteiger partial charge is 0.416 e. The summed E-state index contributed by atoms with van der Waals surface area (Å²) >= 11 is 2.01. The third kappa shape index (κ3) is 10.6. The number of aromatic nitrogens is 2. The number of thioether (sulfide) groups is 1. The van der Waals surface area contributed by atoms with Gasteiger partial charge in [0.2, 0.25) is 5.91 Å². The van der Waals surface area contributed by atoms with E-state index in [0.29, 0.717) is 23.9 Å². The van der Waals surface area contributed by atoms with Gasteiger partial charge in [-0.05, 0) is 43.9 Å². The highest BCUT2D eigenvalue weighted by molar-refractivity contribution is 7.99. The Kier molecular flexibility index (Phi) is 12.3. The second kappa shape index (κ2) is 15.4. The number of halogens is 3. The molecule has 0 aromatic carbocycles. The predicted molar refractivity (Wildman–Crippen MR) is 146 cm³/mol. The van der Waals surface area contributed by atoms with Crippen molar-refractivity contribution >= 4 is 17.7 Å². The molecule has 12 heteroatoms. The standard InChI is InChI=1S/C16H26N2OS.C11H12F3N3O2/c1-2-16(20-13-15-6-3-4-9-17-15)12-18-14-7-5-10-19-11-8-14;12-11(13,14)7-3-8-5-16(6-9(15)18)1-2-17(8)10(19)4-7/h3-4,6,9,14,16,18H,2,5,7-8,10-13H2,1H3;3-4H,1-2,5-6H2,(H2,15,18). The summed E-state index contributed by atoms with van der Waals surface area (Å²) < 4.78 is 44.6. The number of nitrogens with zero attached hydrogens (tertiary/aromatic N) is 3. The summed E-state index contributed by atoms with van der Waals surface area (Å²) in [5, 5.41) is 4.40. The van der Waals surface area contributed by atoms with Crippen molar-refractivity contribution < 1.29 is 22.7 Å². The molecular weight excluding hydrogens is 531 g/mol. The van der Waals surface area contributed by atoms with Gasteiger partial charge in [-0.2, -0.15) is 24.9 Å². The maximum absolute atomic E-state index is 12.6. The summed E-state index contributed by atoms with van der Waals surface area (Å²) in [5.74, 6) is 0.456. The Labute approximate surface area is 231 Å². The van der Waals surface area contributed by atoms with Crippen LogP contribution in [0.5, 0.6) is 0 Å². The maximum Gasteiger partial charge on any atom is 0.416 e. The zero-order valence-electron chi connectivity index (χ0n) is 22.3. The summed E-state index contributed by atoms with van der Waals surface area (Å²) in [6, 6.07) is 8.31.